The average Bonchev–Trinajstić information content (AvgIpc) is 2.88. The standard InChI is InChI=1S/C25H23FN2O2S/c1-28-21-16-19(14-15-23(21)31-22-8-4-3-7-20(22)25(28)30)27-24(29)9-5-2-6-17-10-12-18(26)13-11-17/h3-4,7-8,10-16H,2,5-6,9H2,1H3,(H,27,29). The minimum Gasteiger partial charge on any atom is -0.326 e. The number of benzene rings is 3. The number of carbonyl (C=O) groups is 2. The van der Waals surface area contributed by atoms with E-state index in [1.165, 1.54) is 12.1 Å². The number of hydrogen-bond donors (Lipinski definition) is 1. The lowest BCUT2D eigenvalue weighted by molar-refractivity contribution is -0.116. The molecule has 1 heterocycles. The van der Waals surface area contributed by atoms with Gasteiger partial charge in [0.05, 0.1) is 11.3 Å². The number of rotatable bonds is 6. The predicted octanol–water partition coefficient (Wildman–Crippen LogP) is 5.92. The van der Waals surface area contributed by atoms with Crippen molar-refractivity contribution in [3.05, 3.63) is 83.7 Å². The number of aryl methyl sites for hydroxylation is 1. The van der Waals surface area contributed by atoms with Gasteiger partial charge in [0.2, 0.25) is 5.91 Å². The highest BCUT2D eigenvalue weighted by Crippen LogP contribution is 2.41. The lowest BCUT2D eigenvalue weighted by atomic mass is 10.1. The van der Waals surface area contributed by atoms with Crippen LogP contribution in [0.1, 0.15) is 35.2 Å². The lowest BCUT2D eigenvalue weighted by Crippen LogP contribution is -2.26. The van der Waals surface area contributed by atoms with E-state index in [9.17, 15) is 14.0 Å². The Kier molecular flexibility index (Phi) is 6.37. The van der Waals surface area contributed by atoms with Crippen LogP contribution in [0.5, 0.6) is 0 Å². The summed E-state index contributed by atoms with van der Waals surface area (Å²) < 4.78 is 13.0. The maximum absolute atomic E-state index is 13.0. The number of unbranched alkanes of at least 4 members (excludes halogenated alkanes) is 1. The molecule has 3 aromatic carbocycles. The molecule has 0 saturated heterocycles. The molecule has 0 radical (unpaired) electrons. The molecule has 3 aromatic rings. The molecule has 1 aliphatic rings. The van der Waals surface area contributed by atoms with Crippen molar-refractivity contribution in [2.75, 3.05) is 17.3 Å². The second kappa shape index (κ2) is 9.35. The molecule has 4 nitrogen and oxygen atoms in total. The number of carbonyl (C=O) groups excluding carboxylic acids is 2. The molecule has 0 atom stereocenters. The molecule has 31 heavy (non-hydrogen) atoms. The van der Waals surface area contributed by atoms with Gasteiger partial charge in [0.25, 0.3) is 5.91 Å². The molecule has 4 rings (SSSR count). The lowest BCUT2D eigenvalue weighted by Gasteiger charge is -2.18. The third-order valence-corrected chi connectivity index (χ3v) is 6.42. The zero-order valence-corrected chi connectivity index (χ0v) is 18.0. The van der Waals surface area contributed by atoms with Crippen LogP contribution in [-0.2, 0) is 11.2 Å². The van der Waals surface area contributed by atoms with Gasteiger partial charge in [-0.25, -0.2) is 4.39 Å². The molecule has 0 aliphatic carbocycles. The van der Waals surface area contributed by atoms with Crippen LogP contribution in [0.3, 0.4) is 0 Å². The van der Waals surface area contributed by atoms with Crippen LogP contribution in [-0.4, -0.2) is 18.9 Å². The van der Waals surface area contributed by atoms with E-state index < -0.39 is 0 Å². The molecule has 0 unspecified atom stereocenters. The summed E-state index contributed by atoms with van der Waals surface area (Å²) in [7, 11) is 1.75. The largest absolute Gasteiger partial charge is 0.326 e. The molecule has 0 saturated carbocycles. The Morgan fingerprint density at radius 2 is 1.77 bits per heavy atom. The van der Waals surface area contributed by atoms with E-state index in [1.807, 2.05) is 42.5 Å². The van der Waals surface area contributed by atoms with E-state index in [4.69, 9.17) is 0 Å². The third kappa shape index (κ3) is 4.97. The van der Waals surface area contributed by atoms with Crippen LogP contribution in [0, 0.1) is 5.82 Å². The van der Waals surface area contributed by atoms with Gasteiger partial charge in [-0.2, -0.15) is 0 Å². The summed E-state index contributed by atoms with van der Waals surface area (Å²) in [4.78, 5) is 28.8. The molecular weight excluding hydrogens is 411 g/mol. The molecule has 6 heteroatoms. The summed E-state index contributed by atoms with van der Waals surface area (Å²) in [6.07, 6.45) is 2.83. The average molecular weight is 435 g/mol. The van der Waals surface area contributed by atoms with E-state index in [0.29, 0.717) is 17.7 Å². The van der Waals surface area contributed by atoms with Crippen molar-refractivity contribution in [1.82, 2.24) is 0 Å². The van der Waals surface area contributed by atoms with Gasteiger partial charge in [-0.3, -0.25) is 9.59 Å². The summed E-state index contributed by atoms with van der Waals surface area (Å²) in [5.41, 5.74) is 3.20. The molecule has 0 spiro atoms. The van der Waals surface area contributed by atoms with Gasteiger partial charge in [-0.15, -0.1) is 0 Å². The summed E-state index contributed by atoms with van der Waals surface area (Å²) in [6.45, 7) is 0. The second-order valence-corrected chi connectivity index (χ2v) is 8.61. The minimum atomic E-state index is -0.237. The fourth-order valence-electron chi connectivity index (χ4n) is 3.57. The summed E-state index contributed by atoms with van der Waals surface area (Å²) in [5, 5.41) is 2.94. The van der Waals surface area contributed by atoms with E-state index in [-0.39, 0.29) is 17.6 Å². The first-order chi connectivity index (χ1) is 15.0. The molecular formula is C25H23FN2O2S. The maximum atomic E-state index is 13.0. The number of anilines is 2. The zero-order valence-electron chi connectivity index (χ0n) is 17.2. The Morgan fingerprint density at radius 1 is 1.00 bits per heavy atom. The first kappa shape index (κ1) is 21.1. The van der Waals surface area contributed by atoms with Gasteiger partial charge in [0, 0.05) is 28.9 Å². The summed E-state index contributed by atoms with van der Waals surface area (Å²) in [5.74, 6) is -0.359. The fraction of sp³-hybridized carbons (Fsp3) is 0.200. The van der Waals surface area contributed by atoms with Gasteiger partial charge in [0.15, 0.2) is 0 Å². The quantitative estimate of drug-likeness (QED) is 0.490. The molecule has 0 aromatic heterocycles. The molecule has 1 aliphatic heterocycles. The number of nitrogens with zero attached hydrogens (tertiary/aromatic N) is 1. The maximum Gasteiger partial charge on any atom is 0.259 e. The highest BCUT2D eigenvalue weighted by Gasteiger charge is 2.24. The minimum absolute atomic E-state index is 0.0578. The van der Waals surface area contributed by atoms with Crippen molar-refractivity contribution in [3.8, 4) is 0 Å². The third-order valence-electron chi connectivity index (χ3n) is 5.28. The van der Waals surface area contributed by atoms with Crippen LogP contribution in [0.15, 0.2) is 76.5 Å². The van der Waals surface area contributed by atoms with Crippen LogP contribution in [0.25, 0.3) is 0 Å². The molecule has 0 bridgehead atoms. The van der Waals surface area contributed by atoms with E-state index >= 15 is 0 Å². The molecule has 158 valence electrons. The number of hydrogen-bond acceptors (Lipinski definition) is 3. The van der Waals surface area contributed by atoms with Gasteiger partial charge >= 0.3 is 0 Å². The Hall–Kier alpha value is -3.12. The first-order valence-electron chi connectivity index (χ1n) is 10.2. The highest BCUT2D eigenvalue weighted by atomic mass is 32.2. The number of halogens is 1. The normalized spacial score (nSPS) is 12.7. The summed E-state index contributed by atoms with van der Waals surface area (Å²) in [6, 6.07) is 19.7. The molecule has 0 fully saturated rings. The Morgan fingerprint density at radius 3 is 2.58 bits per heavy atom. The van der Waals surface area contributed by atoms with Crippen molar-refractivity contribution < 1.29 is 14.0 Å². The van der Waals surface area contributed by atoms with Crippen molar-refractivity contribution in [1.29, 1.82) is 0 Å². The fourth-order valence-corrected chi connectivity index (χ4v) is 4.66. The zero-order chi connectivity index (χ0) is 21.8. The van der Waals surface area contributed by atoms with Gasteiger partial charge in [-0.1, -0.05) is 36.0 Å². The smallest absolute Gasteiger partial charge is 0.259 e. The van der Waals surface area contributed by atoms with Crippen LogP contribution >= 0.6 is 11.8 Å². The van der Waals surface area contributed by atoms with E-state index in [2.05, 4.69) is 5.32 Å². The Bertz CT molecular complexity index is 1110. The number of nitrogens with one attached hydrogen (secondary N) is 1. The van der Waals surface area contributed by atoms with Gasteiger partial charge in [0.1, 0.15) is 5.82 Å². The first-order valence-corrected chi connectivity index (χ1v) is 11.1. The van der Waals surface area contributed by atoms with Crippen LogP contribution < -0.4 is 10.2 Å². The topological polar surface area (TPSA) is 49.4 Å². The van der Waals surface area contributed by atoms with Crippen LogP contribution in [0.2, 0.25) is 0 Å². The Labute approximate surface area is 185 Å². The SMILES string of the molecule is CN1C(=O)c2ccccc2Sc2ccc(NC(=O)CCCCc3ccc(F)cc3)cc21. The van der Waals surface area contributed by atoms with Gasteiger partial charge in [-0.05, 0) is 67.3 Å². The Balaban J connectivity index is 1.36. The highest BCUT2D eigenvalue weighted by molar-refractivity contribution is 7.99. The monoisotopic (exact) mass is 434 g/mol. The molecule has 2 amide bonds. The van der Waals surface area contributed by atoms with E-state index in [0.717, 1.165) is 40.3 Å². The van der Waals surface area contributed by atoms with Crippen molar-refractivity contribution in [3.63, 3.8) is 0 Å². The van der Waals surface area contributed by atoms with Crippen molar-refractivity contribution >= 4 is 35.0 Å². The number of amides is 2. The molecule has 1 N–H and O–H groups in total. The van der Waals surface area contributed by atoms with E-state index in [1.54, 1.807) is 35.8 Å². The van der Waals surface area contributed by atoms with Gasteiger partial charge < -0.3 is 10.2 Å². The summed E-state index contributed by atoms with van der Waals surface area (Å²) >= 11 is 1.56. The number of fused-ring (bicyclic) bond motifs is 2. The predicted molar refractivity (Wildman–Crippen MR) is 122 cm³/mol. The second-order valence-electron chi connectivity index (χ2n) is 7.53. The van der Waals surface area contributed by atoms with Crippen LogP contribution in [0.4, 0.5) is 15.8 Å². The van der Waals surface area contributed by atoms with Crippen molar-refractivity contribution in [2.45, 2.75) is 35.5 Å². The van der Waals surface area contributed by atoms with Crippen molar-refractivity contribution in [2.24, 2.45) is 0 Å².